The Morgan fingerprint density at radius 2 is 1.91 bits per heavy atom. The molecule has 0 bridgehead atoms. The van der Waals surface area contributed by atoms with E-state index in [4.69, 9.17) is 4.74 Å². The summed E-state index contributed by atoms with van der Waals surface area (Å²) in [4.78, 5) is 0. The van der Waals surface area contributed by atoms with E-state index in [-0.39, 0.29) is 0 Å². The number of rotatable bonds is 4. The summed E-state index contributed by atoms with van der Waals surface area (Å²) in [6.07, 6.45) is 0. The van der Waals surface area contributed by atoms with Gasteiger partial charge < -0.3 is 4.74 Å². The van der Waals surface area contributed by atoms with Crippen LogP contribution in [0.1, 0.15) is 11.1 Å². The van der Waals surface area contributed by atoms with Gasteiger partial charge in [-0.15, -0.1) is 10.2 Å². The number of aromatic nitrogens is 4. The topological polar surface area (TPSA) is 63.7 Å². The Morgan fingerprint density at radius 3 is 2.55 bits per heavy atom. The van der Waals surface area contributed by atoms with Gasteiger partial charge in [-0.05, 0) is 75.0 Å². The molecule has 0 radical (unpaired) electrons. The van der Waals surface area contributed by atoms with Gasteiger partial charge in [0, 0.05) is 5.56 Å². The van der Waals surface area contributed by atoms with Gasteiger partial charge in [0.15, 0.2) is 0 Å². The molecular formula is C15H12I2N4O. The van der Waals surface area contributed by atoms with Crippen molar-refractivity contribution < 1.29 is 4.74 Å². The monoisotopic (exact) mass is 518 g/mol. The van der Waals surface area contributed by atoms with Crippen LogP contribution < -0.4 is 4.74 Å². The number of hydrogen-bond acceptors (Lipinski definition) is 4. The van der Waals surface area contributed by atoms with Crippen LogP contribution in [-0.2, 0) is 6.61 Å². The van der Waals surface area contributed by atoms with Crippen molar-refractivity contribution in [2.24, 2.45) is 0 Å². The van der Waals surface area contributed by atoms with Gasteiger partial charge in [0.2, 0.25) is 5.82 Å². The molecule has 0 unspecified atom stereocenters. The molecule has 22 heavy (non-hydrogen) atoms. The number of benzene rings is 2. The predicted molar refractivity (Wildman–Crippen MR) is 101 cm³/mol. The van der Waals surface area contributed by atoms with Crippen LogP contribution >= 0.6 is 45.2 Å². The molecule has 0 aliphatic carbocycles. The Bertz CT molecular complexity index is 767. The second-order valence-electron chi connectivity index (χ2n) is 4.78. The second kappa shape index (κ2) is 6.90. The number of tetrazole rings is 1. The molecule has 0 saturated carbocycles. The minimum Gasteiger partial charge on any atom is -0.487 e. The molecule has 0 atom stereocenters. The molecular weight excluding hydrogens is 506 g/mol. The van der Waals surface area contributed by atoms with Crippen molar-refractivity contribution in [3.05, 3.63) is 54.7 Å². The van der Waals surface area contributed by atoms with Crippen LogP contribution in [0.4, 0.5) is 0 Å². The first-order valence-electron chi connectivity index (χ1n) is 6.54. The summed E-state index contributed by atoms with van der Waals surface area (Å²) >= 11 is 4.54. The molecule has 7 heteroatoms. The largest absolute Gasteiger partial charge is 0.487 e. The third-order valence-corrected chi connectivity index (χ3v) is 4.67. The Labute approximate surface area is 155 Å². The van der Waals surface area contributed by atoms with E-state index in [0.717, 1.165) is 24.0 Å². The van der Waals surface area contributed by atoms with E-state index in [9.17, 15) is 0 Å². The second-order valence-corrected chi connectivity index (χ2v) is 7.11. The number of nitrogens with one attached hydrogen (secondary N) is 1. The zero-order valence-electron chi connectivity index (χ0n) is 11.7. The van der Waals surface area contributed by atoms with Gasteiger partial charge in [0.25, 0.3) is 0 Å². The highest BCUT2D eigenvalue weighted by atomic mass is 127. The van der Waals surface area contributed by atoms with Crippen molar-refractivity contribution in [2.45, 2.75) is 13.5 Å². The van der Waals surface area contributed by atoms with Crippen molar-refractivity contribution >= 4 is 45.2 Å². The summed E-state index contributed by atoms with van der Waals surface area (Å²) in [5.74, 6) is 1.47. The fourth-order valence-corrected chi connectivity index (χ4v) is 4.15. The number of ether oxygens (including phenoxy) is 1. The van der Waals surface area contributed by atoms with Crippen LogP contribution in [0.25, 0.3) is 11.4 Å². The summed E-state index contributed by atoms with van der Waals surface area (Å²) in [7, 11) is 0. The fourth-order valence-electron chi connectivity index (χ4n) is 2.07. The van der Waals surface area contributed by atoms with Gasteiger partial charge in [-0.25, -0.2) is 0 Å². The van der Waals surface area contributed by atoms with Gasteiger partial charge in [-0.2, -0.15) is 5.21 Å². The van der Waals surface area contributed by atoms with Crippen LogP contribution in [0.3, 0.4) is 0 Å². The fraction of sp³-hybridized carbons (Fsp3) is 0.133. The van der Waals surface area contributed by atoms with E-state index in [0.29, 0.717) is 12.4 Å². The highest BCUT2D eigenvalue weighted by Crippen LogP contribution is 2.32. The highest BCUT2D eigenvalue weighted by Gasteiger charge is 2.12. The Morgan fingerprint density at radius 1 is 1.14 bits per heavy atom. The molecule has 2 aromatic carbocycles. The van der Waals surface area contributed by atoms with E-state index in [1.807, 2.05) is 18.2 Å². The molecule has 1 heterocycles. The van der Waals surface area contributed by atoms with E-state index < -0.39 is 0 Å². The summed E-state index contributed by atoms with van der Waals surface area (Å²) in [6, 6.07) is 12.3. The predicted octanol–water partition coefficient (Wildman–Crippen LogP) is 3.96. The molecule has 0 aliphatic heterocycles. The van der Waals surface area contributed by atoms with Gasteiger partial charge in [-0.3, -0.25) is 0 Å². The zero-order valence-corrected chi connectivity index (χ0v) is 16.0. The third kappa shape index (κ3) is 3.57. The maximum Gasteiger partial charge on any atom is 0.204 e. The summed E-state index contributed by atoms with van der Waals surface area (Å²) in [5, 5.41) is 14.1. The van der Waals surface area contributed by atoms with Crippen molar-refractivity contribution in [1.82, 2.24) is 20.6 Å². The molecule has 0 fully saturated rings. The van der Waals surface area contributed by atoms with Crippen molar-refractivity contribution in [3.8, 4) is 17.1 Å². The lowest BCUT2D eigenvalue weighted by atomic mass is 10.1. The molecule has 1 N–H and O–H groups in total. The summed E-state index contributed by atoms with van der Waals surface area (Å²) in [6.45, 7) is 2.63. The molecule has 5 nitrogen and oxygen atoms in total. The first-order valence-corrected chi connectivity index (χ1v) is 8.70. The molecule has 112 valence electrons. The Hall–Kier alpha value is -1.23. The summed E-state index contributed by atoms with van der Waals surface area (Å²) < 4.78 is 8.05. The average Bonchev–Trinajstić information content (AvgIpc) is 3.00. The van der Waals surface area contributed by atoms with Gasteiger partial charge in [0.1, 0.15) is 12.4 Å². The lowest BCUT2D eigenvalue weighted by molar-refractivity contribution is 0.301. The van der Waals surface area contributed by atoms with Crippen molar-refractivity contribution in [3.63, 3.8) is 0 Å². The van der Waals surface area contributed by atoms with E-state index in [1.54, 1.807) is 0 Å². The standard InChI is InChI=1S/C15H12I2N4O/c1-9-3-2-4-10(5-9)8-22-14-12(16)6-11(7-13(14)17)15-18-20-21-19-15/h2-7H,8H2,1H3,(H,18,19,20,21). The number of H-pyrrole nitrogens is 1. The number of hydrogen-bond donors (Lipinski definition) is 1. The normalized spacial score (nSPS) is 10.7. The number of halogens is 2. The minimum atomic E-state index is 0.551. The third-order valence-electron chi connectivity index (χ3n) is 3.07. The SMILES string of the molecule is Cc1cccc(COc2c(I)cc(-c3nn[nH]n3)cc2I)c1. The molecule has 0 spiro atoms. The number of aromatic amines is 1. The van der Waals surface area contributed by atoms with Crippen LogP contribution in [0.5, 0.6) is 5.75 Å². The van der Waals surface area contributed by atoms with Gasteiger partial charge >= 0.3 is 0 Å². The Kier molecular flexibility index (Phi) is 4.91. The zero-order chi connectivity index (χ0) is 15.5. The van der Waals surface area contributed by atoms with Crippen LogP contribution in [0.15, 0.2) is 36.4 Å². The molecule has 3 rings (SSSR count). The van der Waals surface area contributed by atoms with Crippen molar-refractivity contribution in [2.75, 3.05) is 0 Å². The smallest absolute Gasteiger partial charge is 0.204 e. The van der Waals surface area contributed by atoms with Crippen molar-refractivity contribution in [1.29, 1.82) is 0 Å². The van der Waals surface area contributed by atoms with Crippen LogP contribution in [0.2, 0.25) is 0 Å². The molecule has 3 aromatic rings. The maximum absolute atomic E-state index is 6.00. The van der Waals surface area contributed by atoms with E-state index in [2.05, 4.69) is 90.9 Å². The van der Waals surface area contributed by atoms with Crippen LogP contribution in [-0.4, -0.2) is 20.6 Å². The minimum absolute atomic E-state index is 0.551. The average molecular weight is 518 g/mol. The van der Waals surface area contributed by atoms with Gasteiger partial charge in [0.05, 0.1) is 7.14 Å². The number of nitrogens with zero attached hydrogens (tertiary/aromatic N) is 3. The lowest BCUT2D eigenvalue weighted by Crippen LogP contribution is -2.00. The number of aryl methyl sites for hydroxylation is 1. The van der Waals surface area contributed by atoms with Gasteiger partial charge in [-0.1, -0.05) is 29.8 Å². The first-order chi connectivity index (χ1) is 10.6. The Balaban J connectivity index is 1.82. The molecule has 1 aromatic heterocycles. The quantitative estimate of drug-likeness (QED) is 0.532. The van der Waals surface area contributed by atoms with Crippen LogP contribution in [0, 0.1) is 14.1 Å². The first kappa shape index (κ1) is 15.7. The maximum atomic E-state index is 6.00. The molecule has 0 aliphatic rings. The molecule has 0 saturated heterocycles. The summed E-state index contributed by atoms with van der Waals surface area (Å²) in [5.41, 5.74) is 3.32. The van der Waals surface area contributed by atoms with E-state index in [1.165, 1.54) is 5.56 Å². The lowest BCUT2D eigenvalue weighted by Gasteiger charge is -2.12. The highest BCUT2D eigenvalue weighted by molar-refractivity contribution is 14.1. The molecule has 0 amide bonds. The van der Waals surface area contributed by atoms with E-state index >= 15 is 0 Å².